The summed E-state index contributed by atoms with van der Waals surface area (Å²) in [6, 6.07) is 12.0. The number of nitrogens with one attached hydrogen (secondary N) is 1. The molecule has 1 amide bonds. The number of carbonyl (C=O) groups excluding carboxylic acids is 1. The van der Waals surface area contributed by atoms with Crippen LogP contribution in [-0.2, 0) is 11.3 Å². The third-order valence-electron chi connectivity index (χ3n) is 3.98. The standard InChI is InChI=1S/C20H17Cl2N3O2S/c1-3-10-25-19(27)14-6-4-5-7-16(14)24-20(25)28-12(2)18(26)23-17-11-13(21)8-9-15(17)22/h3-9,11-12H,1,10H2,2H3,(H,23,26)/t12-/m1/s1. The fourth-order valence-electron chi connectivity index (χ4n) is 2.57. The number of hydrogen-bond acceptors (Lipinski definition) is 4. The summed E-state index contributed by atoms with van der Waals surface area (Å²) in [5, 5.41) is 4.07. The first kappa shape index (κ1) is 20.5. The molecule has 1 aromatic heterocycles. The Labute approximate surface area is 176 Å². The van der Waals surface area contributed by atoms with Crippen LogP contribution in [0.5, 0.6) is 0 Å². The Kier molecular flexibility index (Phi) is 6.44. The second-order valence-electron chi connectivity index (χ2n) is 5.99. The molecule has 3 aromatic rings. The molecule has 1 atom stereocenters. The van der Waals surface area contributed by atoms with E-state index in [1.807, 2.05) is 6.07 Å². The summed E-state index contributed by atoms with van der Waals surface area (Å²) in [7, 11) is 0. The largest absolute Gasteiger partial charge is 0.324 e. The van der Waals surface area contributed by atoms with Gasteiger partial charge >= 0.3 is 0 Å². The van der Waals surface area contributed by atoms with Crippen LogP contribution in [0.3, 0.4) is 0 Å². The highest BCUT2D eigenvalue weighted by Gasteiger charge is 2.20. The van der Waals surface area contributed by atoms with E-state index in [4.69, 9.17) is 23.2 Å². The normalized spacial score (nSPS) is 12.0. The Hall–Kier alpha value is -2.28. The van der Waals surface area contributed by atoms with Crippen molar-refractivity contribution in [1.82, 2.24) is 9.55 Å². The molecule has 2 aromatic carbocycles. The molecule has 0 aliphatic heterocycles. The van der Waals surface area contributed by atoms with Gasteiger partial charge in [0.25, 0.3) is 5.56 Å². The third-order valence-corrected chi connectivity index (χ3v) is 5.63. The molecule has 0 unspecified atom stereocenters. The molecule has 3 rings (SSSR count). The molecular weight excluding hydrogens is 417 g/mol. The van der Waals surface area contributed by atoms with Gasteiger partial charge in [-0.3, -0.25) is 14.2 Å². The zero-order chi connectivity index (χ0) is 20.3. The Balaban J connectivity index is 1.89. The van der Waals surface area contributed by atoms with E-state index in [-0.39, 0.29) is 11.5 Å². The number of rotatable bonds is 6. The van der Waals surface area contributed by atoms with Gasteiger partial charge in [-0.05, 0) is 37.3 Å². The van der Waals surface area contributed by atoms with Gasteiger partial charge in [0.15, 0.2) is 5.16 Å². The highest BCUT2D eigenvalue weighted by molar-refractivity contribution is 8.00. The fourth-order valence-corrected chi connectivity index (χ4v) is 3.82. The molecule has 28 heavy (non-hydrogen) atoms. The van der Waals surface area contributed by atoms with Crippen molar-refractivity contribution < 1.29 is 4.79 Å². The first-order chi connectivity index (χ1) is 13.4. The van der Waals surface area contributed by atoms with Gasteiger partial charge in [-0.1, -0.05) is 53.2 Å². The van der Waals surface area contributed by atoms with Gasteiger partial charge in [0, 0.05) is 11.6 Å². The molecule has 5 nitrogen and oxygen atoms in total. The Bertz CT molecular complexity index is 1110. The van der Waals surface area contributed by atoms with Gasteiger partial charge < -0.3 is 5.32 Å². The molecule has 0 bridgehead atoms. The predicted octanol–water partition coefficient (Wildman–Crippen LogP) is 5.01. The van der Waals surface area contributed by atoms with Gasteiger partial charge in [-0.2, -0.15) is 0 Å². The van der Waals surface area contributed by atoms with Crippen molar-refractivity contribution in [2.45, 2.75) is 23.9 Å². The minimum absolute atomic E-state index is 0.168. The lowest BCUT2D eigenvalue weighted by atomic mass is 10.2. The van der Waals surface area contributed by atoms with Crippen molar-refractivity contribution in [2.24, 2.45) is 0 Å². The molecule has 1 N–H and O–H groups in total. The monoisotopic (exact) mass is 433 g/mol. The molecule has 0 aliphatic carbocycles. The van der Waals surface area contributed by atoms with Crippen LogP contribution in [-0.4, -0.2) is 20.7 Å². The number of anilines is 1. The molecular formula is C20H17Cl2N3O2S. The summed E-state index contributed by atoms with van der Waals surface area (Å²) in [5.41, 5.74) is 0.848. The molecule has 0 spiro atoms. The lowest BCUT2D eigenvalue weighted by molar-refractivity contribution is -0.115. The Morgan fingerprint density at radius 3 is 2.82 bits per heavy atom. The number of carbonyl (C=O) groups is 1. The number of hydrogen-bond donors (Lipinski definition) is 1. The lowest BCUT2D eigenvalue weighted by Crippen LogP contribution is -2.26. The number of halogens is 2. The summed E-state index contributed by atoms with van der Waals surface area (Å²) >= 11 is 13.3. The van der Waals surface area contributed by atoms with Crippen LogP contribution >= 0.6 is 35.0 Å². The van der Waals surface area contributed by atoms with Crippen LogP contribution in [0, 0.1) is 0 Å². The van der Waals surface area contributed by atoms with Crippen molar-refractivity contribution in [2.75, 3.05) is 5.32 Å². The quantitative estimate of drug-likeness (QED) is 0.337. The second kappa shape index (κ2) is 8.82. The van der Waals surface area contributed by atoms with E-state index >= 15 is 0 Å². The summed E-state index contributed by atoms with van der Waals surface area (Å²) < 4.78 is 1.51. The summed E-state index contributed by atoms with van der Waals surface area (Å²) in [6.07, 6.45) is 1.62. The van der Waals surface area contributed by atoms with Crippen molar-refractivity contribution >= 4 is 57.5 Å². The van der Waals surface area contributed by atoms with Gasteiger partial charge in [0.1, 0.15) is 0 Å². The molecule has 8 heteroatoms. The van der Waals surface area contributed by atoms with Crippen LogP contribution in [0.1, 0.15) is 6.92 Å². The SMILES string of the molecule is C=CCn1c(S[C@H](C)C(=O)Nc2cc(Cl)ccc2Cl)nc2ccccc2c1=O. The maximum atomic E-state index is 12.8. The van der Waals surface area contributed by atoms with Crippen LogP contribution in [0.25, 0.3) is 10.9 Å². The first-order valence-electron chi connectivity index (χ1n) is 8.43. The molecule has 0 fully saturated rings. The number of fused-ring (bicyclic) bond motifs is 1. The molecule has 0 aliphatic rings. The second-order valence-corrected chi connectivity index (χ2v) is 8.14. The lowest BCUT2D eigenvalue weighted by Gasteiger charge is -2.16. The molecule has 1 heterocycles. The minimum atomic E-state index is -0.529. The van der Waals surface area contributed by atoms with Gasteiger partial charge in [-0.25, -0.2) is 4.98 Å². The topological polar surface area (TPSA) is 64.0 Å². The van der Waals surface area contributed by atoms with E-state index in [1.54, 1.807) is 49.4 Å². The van der Waals surface area contributed by atoms with E-state index in [0.29, 0.717) is 38.3 Å². The smallest absolute Gasteiger partial charge is 0.262 e. The molecule has 0 saturated heterocycles. The number of benzene rings is 2. The number of nitrogens with zero attached hydrogens (tertiary/aromatic N) is 2. The van der Waals surface area contributed by atoms with Crippen molar-refractivity contribution in [3.8, 4) is 0 Å². The molecule has 0 radical (unpaired) electrons. The highest BCUT2D eigenvalue weighted by atomic mass is 35.5. The number of allylic oxidation sites excluding steroid dienone is 1. The summed E-state index contributed by atoms with van der Waals surface area (Å²) in [5.74, 6) is -0.276. The predicted molar refractivity (Wildman–Crippen MR) is 117 cm³/mol. The zero-order valence-corrected chi connectivity index (χ0v) is 17.3. The van der Waals surface area contributed by atoms with Crippen molar-refractivity contribution in [3.63, 3.8) is 0 Å². The Morgan fingerprint density at radius 1 is 1.32 bits per heavy atom. The van der Waals surface area contributed by atoms with Crippen molar-refractivity contribution in [3.05, 3.63) is 75.5 Å². The molecule has 0 saturated carbocycles. The van der Waals surface area contributed by atoms with Crippen LogP contribution in [0.15, 0.2) is 65.1 Å². The summed E-state index contributed by atoms with van der Waals surface area (Å²) in [6.45, 7) is 5.74. The van der Waals surface area contributed by atoms with Crippen LogP contribution in [0.4, 0.5) is 5.69 Å². The minimum Gasteiger partial charge on any atom is -0.324 e. The number of para-hydroxylation sites is 1. The Morgan fingerprint density at radius 2 is 2.07 bits per heavy atom. The van der Waals surface area contributed by atoms with E-state index < -0.39 is 5.25 Å². The number of aromatic nitrogens is 2. The average Bonchev–Trinajstić information content (AvgIpc) is 2.67. The van der Waals surface area contributed by atoms with Gasteiger partial charge in [0.2, 0.25) is 5.91 Å². The van der Waals surface area contributed by atoms with Crippen LogP contribution in [0.2, 0.25) is 10.0 Å². The van der Waals surface area contributed by atoms with Crippen molar-refractivity contribution in [1.29, 1.82) is 0 Å². The third kappa shape index (κ3) is 4.41. The van der Waals surface area contributed by atoms with Gasteiger partial charge in [0.05, 0.1) is 26.9 Å². The van der Waals surface area contributed by atoms with E-state index in [2.05, 4.69) is 16.9 Å². The highest BCUT2D eigenvalue weighted by Crippen LogP contribution is 2.28. The van der Waals surface area contributed by atoms with E-state index in [9.17, 15) is 9.59 Å². The molecule has 144 valence electrons. The number of thioether (sulfide) groups is 1. The number of amides is 1. The first-order valence-corrected chi connectivity index (χ1v) is 10.1. The maximum absolute atomic E-state index is 12.8. The summed E-state index contributed by atoms with van der Waals surface area (Å²) in [4.78, 5) is 30.0. The maximum Gasteiger partial charge on any atom is 0.262 e. The van der Waals surface area contributed by atoms with E-state index in [0.717, 1.165) is 0 Å². The van der Waals surface area contributed by atoms with E-state index in [1.165, 1.54) is 16.3 Å². The van der Waals surface area contributed by atoms with Crippen LogP contribution < -0.4 is 10.9 Å². The van der Waals surface area contributed by atoms with Gasteiger partial charge in [-0.15, -0.1) is 6.58 Å². The fraction of sp³-hybridized carbons (Fsp3) is 0.150. The average molecular weight is 434 g/mol. The zero-order valence-electron chi connectivity index (χ0n) is 15.0.